The summed E-state index contributed by atoms with van der Waals surface area (Å²) >= 11 is 6.08. The number of fused-ring (bicyclic) bond motifs is 2. The van der Waals surface area contributed by atoms with E-state index in [-0.39, 0.29) is 212 Å². The van der Waals surface area contributed by atoms with Crippen LogP contribution in [0.2, 0.25) is 5.28 Å². The molecule has 1 aliphatic rings. The molecule has 1 unspecified atom stereocenters. The maximum atomic E-state index is 14.0. The standard InChI is InChI=1S/C39H34ClN9O23S7.6Na/c1-19-10-28(30(71-2)17-27(19)46-48-29-16-26-20(12-32(29)76(59,60)61)11-24(74(53,54)55)15-31(26)75(56,57)58)47-49-34-33(77(62,63)64)13-21-18-39(78(65,66)67,7-6-25(21)35(34)50)45-38-43-36(40)42-37(44-38)41-22-4-3-5-23(14-22)73(51,52)9-8-72-79(68,69)70;;;;;;/h3-7,10-17,50H,8-9,18H2,1-2H3,(H,53,54,55)(H,56,57,58)(H,59,60,61)(H,62,63,64)(H,65,66,67)(H,68,69,70)(H2,41,42,43,44,45);;;;;;/q;6*+1/p-6. The van der Waals surface area contributed by atoms with Crippen LogP contribution in [0.4, 0.5) is 40.3 Å². The van der Waals surface area contributed by atoms with Gasteiger partial charge in [0, 0.05) is 23.6 Å². The molecule has 85 heavy (non-hydrogen) atoms. The summed E-state index contributed by atoms with van der Waals surface area (Å²) in [6.45, 7) is 0.375. The van der Waals surface area contributed by atoms with Crippen LogP contribution in [0.5, 0.6) is 11.5 Å². The third-order valence-electron chi connectivity index (χ3n) is 10.8. The number of ether oxygens (including phenoxy) is 1. The van der Waals surface area contributed by atoms with Gasteiger partial charge in [-0.1, -0.05) is 17.9 Å². The number of anilines is 3. The van der Waals surface area contributed by atoms with Crippen LogP contribution in [0.25, 0.3) is 16.8 Å². The van der Waals surface area contributed by atoms with Gasteiger partial charge in [-0.15, -0.1) is 15.3 Å². The summed E-state index contributed by atoms with van der Waals surface area (Å²) in [6.07, 6.45) is 0.353. The van der Waals surface area contributed by atoms with Gasteiger partial charge in [-0.05, 0) is 101 Å². The van der Waals surface area contributed by atoms with Crippen molar-refractivity contribution in [2.75, 3.05) is 30.1 Å². The van der Waals surface area contributed by atoms with Crippen molar-refractivity contribution in [3.8, 4) is 11.5 Å². The van der Waals surface area contributed by atoms with E-state index in [9.17, 15) is 86.8 Å². The molecule has 0 amide bonds. The van der Waals surface area contributed by atoms with E-state index < -0.39 is 175 Å². The zero-order chi connectivity index (χ0) is 58.6. The zero-order valence-corrected chi connectivity index (χ0v) is 63.4. The minimum atomic E-state index is -5.73. The Hall–Kier alpha value is -0.830. The van der Waals surface area contributed by atoms with Crippen molar-refractivity contribution >= 4 is 140 Å². The van der Waals surface area contributed by atoms with Crippen LogP contribution in [0.3, 0.4) is 0 Å². The van der Waals surface area contributed by atoms with Gasteiger partial charge in [0.2, 0.25) is 17.2 Å². The van der Waals surface area contributed by atoms with Gasteiger partial charge in [-0.3, -0.25) is 4.55 Å². The smallest absolute Gasteiger partial charge is 0.871 e. The number of azo groups is 2. The van der Waals surface area contributed by atoms with Crippen LogP contribution >= 0.6 is 11.6 Å². The largest absolute Gasteiger partial charge is 1.00 e. The van der Waals surface area contributed by atoms with E-state index in [0.29, 0.717) is 30.3 Å². The summed E-state index contributed by atoms with van der Waals surface area (Å²) < 4.78 is 251. The summed E-state index contributed by atoms with van der Waals surface area (Å²) in [5.41, 5.74) is -3.59. The molecular weight excluding hydrogens is 1360 g/mol. The van der Waals surface area contributed by atoms with Crippen LogP contribution in [-0.4, -0.2) is 126 Å². The van der Waals surface area contributed by atoms with Crippen LogP contribution in [-0.2, 0) is 81.4 Å². The first kappa shape index (κ1) is 82.2. The molecule has 1 aliphatic carbocycles. The SMILES string of the molecule is COc1cc(N=Nc2cc3c(S(=O)(=O)[O-])cc(S(=O)(=O)[O-])cc3cc2S(=O)(=O)[O-])c(C)cc1N=Nc1c(S(=O)(=O)[O-])cc2c(c1[O-])C=CC(Nc1nc(Cl)nc(Nc3cccc(S(=O)(=O)CCOS(=O)(=O)O)c3)n1)(S(=O)(=O)[O-])C2.[Na+].[Na+].[Na+].[Na+].[Na+].[Na+]. The molecule has 0 radical (unpaired) electrons. The Kier molecular flexibility index (Phi) is 30.2. The minimum Gasteiger partial charge on any atom is -0.871 e. The third-order valence-corrected chi connectivity index (χ3v) is 17.8. The molecule has 1 atom stereocenters. The molecule has 46 heteroatoms. The Labute approximate surface area is 622 Å². The molecule has 422 valence electrons. The van der Waals surface area contributed by atoms with E-state index in [4.69, 9.17) is 20.9 Å². The summed E-state index contributed by atoms with van der Waals surface area (Å²) in [5, 5.41) is 32.0. The van der Waals surface area contributed by atoms with Crippen molar-refractivity contribution in [1.82, 2.24) is 15.0 Å². The molecule has 0 bridgehead atoms. The van der Waals surface area contributed by atoms with E-state index >= 15 is 0 Å². The van der Waals surface area contributed by atoms with Gasteiger partial charge in [0.15, 0.2) is 14.7 Å². The maximum Gasteiger partial charge on any atom is 1.00 e. The predicted molar refractivity (Wildman–Crippen MR) is 261 cm³/mol. The Bertz CT molecular complexity index is 4520. The number of hydrogen-bond donors (Lipinski definition) is 3. The molecule has 3 N–H and O–H groups in total. The number of nitrogens with zero attached hydrogens (tertiary/aromatic N) is 7. The molecule has 7 rings (SSSR count). The van der Waals surface area contributed by atoms with Gasteiger partial charge in [0.05, 0.1) is 55.3 Å². The van der Waals surface area contributed by atoms with E-state index in [1.54, 1.807) is 0 Å². The molecule has 32 nitrogen and oxygen atoms in total. The first-order chi connectivity index (χ1) is 36.3. The number of aromatic nitrogens is 3. The van der Waals surface area contributed by atoms with Gasteiger partial charge >= 0.3 is 188 Å². The average molecular weight is 1390 g/mol. The molecule has 0 saturated heterocycles. The second-order valence-electron chi connectivity index (χ2n) is 16.1. The fraction of sp³-hybridized carbons (Fsp3) is 0.154. The number of halogens is 1. The molecule has 1 heterocycles. The van der Waals surface area contributed by atoms with E-state index in [0.717, 1.165) is 37.5 Å². The maximum absolute atomic E-state index is 14.0. The molecule has 6 aromatic rings. The first-order valence-electron chi connectivity index (χ1n) is 20.7. The van der Waals surface area contributed by atoms with Crippen LogP contribution in [0.1, 0.15) is 16.7 Å². The van der Waals surface area contributed by atoms with E-state index in [2.05, 4.69) is 50.2 Å². The number of hydrogen-bond acceptors (Lipinski definition) is 31. The Balaban J connectivity index is 0.00000602. The normalized spacial score (nSPS) is 14.6. The number of methoxy groups -OCH3 is 1. The molecule has 5 aromatic carbocycles. The first-order valence-corrected chi connectivity index (χ1v) is 31.1. The minimum absolute atomic E-state index is 0. The number of sulfone groups is 1. The number of benzene rings is 5. The van der Waals surface area contributed by atoms with E-state index in [1.807, 2.05) is 0 Å². The average Bonchev–Trinajstić information content (AvgIpc) is 3.30. The third kappa shape index (κ3) is 20.3. The monoisotopic (exact) mass is 1390 g/mol. The molecule has 0 aliphatic heterocycles. The molecule has 1 aromatic heterocycles. The quantitative estimate of drug-likeness (QED) is 0.0385. The Morgan fingerprint density at radius 2 is 1.25 bits per heavy atom. The summed E-state index contributed by atoms with van der Waals surface area (Å²) in [4.78, 5) is 3.15. The van der Waals surface area contributed by atoms with Crippen LogP contribution < -0.4 is 198 Å². The Morgan fingerprint density at radius 1 is 0.659 bits per heavy atom. The molecule has 0 spiro atoms. The molecular formula is C39H28ClN9Na6O23S7. The van der Waals surface area contributed by atoms with Crippen LogP contribution in [0.15, 0.2) is 118 Å². The number of rotatable bonds is 19. The summed E-state index contributed by atoms with van der Waals surface area (Å²) in [7, 11) is -36.1. The summed E-state index contributed by atoms with van der Waals surface area (Å²) in [5.74, 6) is -3.80. The fourth-order valence-electron chi connectivity index (χ4n) is 7.27. The van der Waals surface area contributed by atoms with Gasteiger partial charge in [-0.25, -0.2) is 54.7 Å². The number of nitrogens with one attached hydrogen (secondary N) is 2. The van der Waals surface area contributed by atoms with Gasteiger partial charge in [0.25, 0.3) is 0 Å². The zero-order valence-electron chi connectivity index (χ0n) is 44.9. The predicted octanol–water partition coefficient (Wildman–Crippen LogP) is -15.2. The van der Waals surface area contributed by atoms with Crippen LogP contribution in [0, 0.1) is 6.92 Å². The second-order valence-corrected chi connectivity index (χ2v) is 26.7. The van der Waals surface area contributed by atoms with Gasteiger partial charge in [-0.2, -0.15) is 28.5 Å². The fourth-order valence-corrected chi connectivity index (χ4v) is 12.4. The van der Waals surface area contributed by atoms with E-state index in [1.165, 1.54) is 19.1 Å². The van der Waals surface area contributed by atoms with Gasteiger partial charge < -0.3 is 43.2 Å². The number of aryl methyl sites for hydroxylation is 1. The topological polar surface area (TPSA) is 528 Å². The van der Waals surface area contributed by atoms with Crippen molar-refractivity contribution in [2.45, 2.75) is 42.7 Å². The van der Waals surface area contributed by atoms with Crippen molar-refractivity contribution < 1.29 is 278 Å². The summed E-state index contributed by atoms with van der Waals surface area (Å²) in [6, 6.07) is 9.20. The van der Waals surface area contributed by atoms with Crippen molar-refractivity contribution in [3.63, 3.8) is 0 Å². The van der Waals surface area contributed by atoms with Crippen molar-refractivity contribution in [1.29, 1.82) is 0 Å². The van der Waals surface area contributed by atoms with Crippen molar-refractivity contribution in [3.05, 3.63) is 94.8 Å². The van der Waals surface area contributed by atoms with Gasteiger partial charge in [0.1, 0.15) is 67.7 Å². The Morgan fingerprint density at radius 3 is 1.81 bits per heavy atom. The molecule has 0 saturated carbocycles. The van der Waals surface area contributed by atoms with Crippen molar-refractivity contribution in [2.24, 2.45) is 20.5 Å². The second kappa shape index (κ2) is 31.2. The molecule has 0 fully saturated rings.